The Morgan fingerprint density at radius 2 is 2.05 bits per heavy atom. The number of carboxylic acid groups (broad SMARTS) is 1. The van der Waals surface area contributed by atoms with Gasteiger partial charge in [0, 0.05) is 12.4 Å². The van der Waals surface area contributed by atoms with Crippen LogP contribution in [-0.2, 0) is 10.2 Å². The van der Waals surface area contributed by atoms with Crippen LogP contribution in [0.3, 0.4) is 0 Å². The van der Waals surface area contributed by atoms with E-state index in [9.17, 15) is 9.90 Å². The maximum absolute atomic E-state index is 11.8. The second-order valence-corrected chi connectivity index (χ2v) is 5.97. The van der Waals surface area contributed by atoms with Gasteiger partial charge < -0.3 is 5.11 Å². The fraction of sp³-hybridized carbons (Fsp3) is 0.375. The molecule has 1 aromatic carbocycles. The Morgan fingerprint density at radius 3 is 2.62 bits per heavy atom. The Hall–Kier alpha value is -1.81. The fourth-order valence-corrected chi connectivity index (χ4v) is 3.45. The number of hydrogen-bond acceptors (Lipinski definition) is 2. The number of benzene rings is 1. The van der Waals surface area contributed by atoms with E-state index >= 15 is 0 Å². The number of nitrogens with zero attached hydrogens (tertiary/aromatic N) is 2. The monoisotopic (exact) mass is 304 g/mol. The SMILES string of the molecule is O=C(O)C1(c2ccc(-n3cccn3)c(Cl)c2)CCCCC1. The highest BCUT2D eigenvalue weighted by atomic mass is 35.5. The van der Waals surface area contributed by atoms with Crippen LogP contribution >= 0.6 is 11.6 Å². The number of carbonyl (C=O) groups is 1. The smallest absolute Gasteiger partial charge is 0.314 e. The summed E-state index contributed by atoms with van der Waals surface area (Å²) in [5.74, 6) is -0.745. The van der Waals surface area contributed by atoms with Crippen LogP contribution < -0.4 is 0 Å². The second-order valence-electron chi connectivity index (χ2n) is 5.56. The zero-order valence-electron chi connectivity index (χ0n) is 11.6. The zero-order valence-corrected chi connectivity index (χ0v) is 12.4. The summed E-state index contributed by atoms with van der Waals surface area (Å²) in [6.07, 6.45) is 7.86. The summed E-state index contributed by atoms with van der Waals surface area (Å²) in [7, 11) is 0. The van der Waals surface area contributed by atoms with Gasteiger partial charge in [0.25, 0.3) is 0 Å². The molecule has 5 heteroatoms. The van der Waals surface area contributed by atoms with Crippen LogP contribution in [-0.4, -0.2) is 20.9 Å². The van der Waals surface area contributed by atoms with Crippen molar-refractivity contribution >= 4 is 17.6 Å². The lowest BCUT2D eigenvalue weighted by Gasteiger charge is -2.33. The standard InChI is InChI=1S/C16H17ClN2O2/c17-13-11-12(5-6-14(13)19-10-4-9-18-19)16(15(20)21)7-2-1-3-8-16/h4-6,9-11H,1-3,7-8H2,(H,20,21). The van der Waals surface area contributed by atoms with Crippen molar-refractivity contribution in [1.29, 1.82) is 0 Å². The van der Waals surface area contributed by atoms with Gasteiger partial charge in [0.2, 0.25) is 0 Å². The van der Waals surface area contributed by atoms with Crippen molar-refractivity contribution in [3.05, 3.63) is 47.2 Å². The Bertz CT molecular complexity index is 646. The first-order valence-corrected chi connectivity index (χ1v) is 7.55. The fourth-order valence-electron chi connectivity index (χ4n) is 3.18. The van der Waals surface area contributed by atoms with Gasteiger partial charge in [-0.2, -0.15) is 5.10 Å². The summed E-state index contributed by atoms with van der Waals surface area (Å²) in [6, 6.07) is 7.34. The molecule has 0 amide bonds. The number of halogens is 1. The summed E-state index contributed by atoms with van der Waals surface area (Å²) in [5.41, 5.74) is 0.780. The molecule has 0 atom stereocenters. The molecule has 0 aliphatic heterocycles. The van der Waals surface area contributed by atoms with Crippen LogP contribution in [0.15, 0.2) is 36.7 Å². The molecule has 110 valence electrons. The highest BCUT2D eigenvalue weighted by Gasteiger charge is 2.41. The summed E-state index contributed by atoms with van der Waals surface area (Å²) in [6.45, 7) is 0. The van der Waals surface area contributed by atoms with Crippen molar-refractivity contribution in [3.8, 4) is 5.69 Å². The van der Waals surface area contributed by atoms with E-state index < -0.39 is 11.4 Å². The number of hydrogen-bond donors (Lipinski definition) is 1. The van der Waals surface area contributed by atoms with Gasteiger partial charge in [-0.05, 0) is 36.6 Å². The third-order valence-corrected chi connectivity index (χ3v) is 4.67. The van der Waals surface area contributed by atoms with Crippen molar-refractivity contribution < 1.29 is 9.90 Å². The number of rotatable bonds is 3. The van der Waals surface area contributed by atoms with Crippen molar-refractivity contribution in [2.24, 2.45) is 0 Å². The molecule has 0 radical (unpaired) electrons. The van der Waals surface area contributed by atoms with Crippen LogP contribution in [0.25, 0.3) is 5.69 Å². The minimum Gasteiger partial charge on any atom is -0.481 e. The van der Waals surface area contributed by atoms with E-state index in [-0.39, 0.29) is 0 Å². The Kier molecular flexibility index (Phi) is 3.72. The lowest BCUT2D eigenvalue weighted by molar-refractivity contribution is -0.145. The average Bonchev–Trinajstić information content (AvgIpc) is 3.01. The van der Waals surface area contributed by atoms with E-state index in [0.717, 1.165) is 30.5 Å². The predicted molar refractivity (Wildman–Crippen MR) is 81.0 cm³/mol. The topological polar surface area (TPSA) is 55.1 Å². The van der Waals surface area contributed by atoms with Crippen LogP contribution in [0.4, 0.5) is 0 Å². The van der Waals surface area contributed by atoms with Gasteiger partial charge in [-0.15, -0.1) is 0 Å². The van der Waals surface area contributed by atoms with Crippen LogP contribution in [0, 0.1) is 0 Å². The maximum Gasteiger partial charge on any atom is 0.314 e. The number of aromatic nitrogens is 2. The average molecular weight is 305 g/mol. The first-order chi connectivity index (χ1) is 10.1. The number of carboxylic acids is 1. The van der Waals surface area contributed by atoms with Gasteiger partial charge in [0.05, 0.1) is 16.1 Å². The van der Waals surface area contributed by atoms with Crippen molar-refractivity contribution in [3.63, 3.8) is 0 Å². The minimum atomic E-state index is -0.787. The van der Waals surface area contributed by atoms with Gasteiger partial charge in [-0.3, -0.25) is 4.79 Å². The van der Waals surface area contributed by atoms with E-state index in [2.05, 4.69) is 5.10 Å². The summed E-state index contributed by atoms with van der Waals surface area (Å²) in [4.78, 5) is 11.8. The molecular formula is C16H17ClN2O2. The molecule has 1 saturated carbocycles. The molecular weight excluding hydrogens is 288 g/mol. The lowest BCUT2D eigenvalue weighted by Crippen LogP contribution is -2.37. The first kappa shape index (κ1) is 14.1. The molecule has 4 nitrogen and oxygen atoms in total. The Labute approximate surface area is 128 Å². The van der Waals surface area contributed by atoms with Gasteiger partial charge >= 0.3 is 5.97 Å². The molecule has 1 aromatic heterocycles. The molecule has 3 rings (SSSR count). The molecule has 0 spiro atoms. The number of aliphatic carboxylic acids is 1. The molecule has 0 unspecified atom stereocenters. The normalized spacial score (nSPS) is 17.6. The molecule has 1 aliphatic rings. The zero-order chi connectivity index (χ0) is 14.9. The van der Waals surface area contributed by atoms with Crippen molar-refractivity contribution in [2.75, 3.05) is 0 Å². The lowest BCUT2D eigenvalue weighted by atomic mass is 9.69. The highest BCUT2D eigenvalue weighted by Crippen LogP contribution is 2.41. The largest absolute Gasteiger partial charge is 0.481 e. The molecule has 1 N–H and O–H groups in total. The third kappa shape index (κ3) is 2.44. The van der Waals surface area contributed by atoms with Crippen molar-refractivity contribution in [1.82, 2.24) is 9.78 Å². The van der Waals surface area contributed by atoms with Crippen LogP contribution in [0.1, 0.15) is 37.7 Å². The Morgan fingerprint density at radius 1 is 1.29 bits per heavy atom. The highest BCUT2D eigenvalue weighted by molar-refractivity contribution is 6.32. The second kappa shape index (κ2) is 5.53. The molecule has 21 heavy (non-hydrogen) atoms. The molecule has 0 bridgehead atoms. The van der Waals surface area contributed by atoms with Crippen molar-refractivity contribution in [2.45, 2.75) is 37.5 Å². The minimum absolute atomic E-state index is 0.530. The molecule has 1 fully saturated rings. The third-order valence-electron chi connectivity index (χ3n) is 4.37. The summed E-state index contributed by atoms with van der Waals surface area (Å²) >= 11 is 6.35. The first-order valence-electron chi connectivity index (χ1n) is 7.17. The van der Waals surface area contributed by atoms with Crippen LogP contribution in [0.2, 0.25) is 5.02 Å². The molecule has 1 heterocycles. The quantitative estimate of drug-likeness (QED) is 0.938. The molecule has 0 saturated heterocycles. The van der Waals surface area contributed by atoms with Gasteiger partial charge in [-0.25, -0.2) is 4.68 Å². The van der Waals surface area contributed by atoms with E-state index in [1.807, 2.05) is 24.4 Å². The van der Waals surface area contributed by atoms with E-state index in [1.54, 1.807) is 16.9 Å². The van der Waals surface area contributed by atoms with E-state index in [0.29, 0.717) is 17.9 Å². The van der Waals surface area contributed by atoms with Crippen LogP contribution in [0.5, 0.6) is 0 Å². The van der Waals surface area contributed by atoms with Gasteiger partial charge in [0.1, 0.15) is 0 Å². The van der Waals surface area contributed by atoms with Gasteiger partial charge in [-0.1, -0.05) is 36.9 Å². The summed E-state index contributed by atoms with van der Waals surface area (Å²) in [5, 5.41) is 14.4. The molecule has 2 aromatic rings. The maximum atomic E-state index is 11.8. The van der Waals surface area contributed by atoms with E-state index in [1.165, 1.54) is 0 Å². The van der Waals surface area contributed by atoms with E-state index in [4.69, 9.17) is 11.6 Å². The molecule has 1 aliphatic carbocycles. The Balaban J connectivity index is 2.02. The predicted octanol–water partition coefficient (Wildman–Crippen LogP) is 3.81. The summed E-state index contributed by atoms with van der Waals surface area (Å²) < 4.78 is 1.68. The van der Waals surface area contributed by atoms with Gasteiger partial charge in [0.15, 0.2) is 0 Å².